The third-order valence-corrected chi connectivity index (χ3v) is 2.93. The zero-order chi connectivity index (χ0) is 11.5. The predicted molar refractivity (Wildman–Crippen MR) is 57.7 cm³/mol. The van der Waals surface area contributed by atoms with Crippen molar-refractivity contribution in [2.45, 2.75) is 12.1 Å². The molecule has 16 heavy (non-hydrogen) atoms. The fourth-order valence-electron chi connectivity index (χ4n) is 2.05. The minimum absolute atomic E-state index is 0.0181. The molecule has 2 N–H and O–H groups in total. The number of likely N-dealkylation sites (tertiary alicyclic amines) is 1. The zero-order valence-corrected chi connectivity index (χ0v) is 9.24. The van der Waals surface area contributed by atoms with E-state index in [0.29, 0.717) is 13.1 Å². The van der Waals surface area contributed by atoms with Crippen molar-refractivity contribution >= 4 is 5.91 Å². The fourth-order valence-corrected chi connectivity index (χ4v) is 2.05. The van der Waals surface area contributed by atoms with Crippen LogP contribution in [0.25, 0.3) is 0 Å². The second-order valence-electron chi connectivity index (χ2n) is 3.83. The van der Waals surface area contributed by atoms with Crippen molar-refractivity contribution in [2.24, 2.45) is 5.73 Å². The average molecular weight is 224 g/mol. The highest BCUT2D eigenvalue weighted by Crippen LogP contribution is 2.23. The largest absolute Gasteiger partial charge is 0.377 e. The molecule has 0 spiro atoms. The number of rotatable bonds is 3. The molecule has 1 aromatic heterocycles. The van der Waals surface area contributed by atoms with Crippen LogP contribution in [0, 0.1) is 0 Å². The smallest absolute Gasteiger partial charge is 0.236 e. The Morgan fingerprint density at radius 2 is 2.44 bits per heavy atom. The van der Waals surface area contributed by atoms with Gasteiger partial charge in [0.2, 0.25) is 5.91 Å². The summed E-state index contributed by atoms with van der Waals surface area (Å²) in [4.78, 5) is 13.2. The van der Waals surface area contributed by atoms with Gasteiger partial charge in [-0.25, -0.2) is 0 Å². The average Bonchev–Trinajstić information content (AvgIpc) is 2.95. The lowest BCUT2D eigenvalue weighted by molar-refractivity contribution is -0.129. The van der Waals surface area contributed by atoms with Crippen LogP contribution >= 0.6 is 0 Å². The van der Waals surface area contributed by atoms with Gasteiger partial charge in [-0.2, -0.15) is 5.10 Å². The molecule has 6 heteroatoms. The molecule has 0 unspecified atom stereocenters. The maximum Gasteiger partial charge on any atom is 0.236 e. The Hall–Kier alpha value is -1.40. The van der Waals surface area contributed by atoms with E-state index < -0.39 is 0 Å². The summed E-state index contributed by atoms with van der Waals surface area (Å²) in [6.45, 7) is 1.23. The minimum Gasteiger partial charge on any atom is -0.377 e. The molecule has 1 fully saturated rings. The second kappa shape index (κ2) is 4.63. The lowest BCUT2D eigenvalue weighted by atomic mass is 10.2. The Kier molecular flexibility index (Phi) is 3.21. The van der Waals surface area contributed by atoms with Gasteiger partial charge in [-0.1, -0.05) is 0 Å². The molecule has 2 rings (SSSR count). The molecule has 0 aliphatic carbocycles. The quantitative estimate of drug-likeness (QED) is 0.732. The first-order valence-electron chi connectivity index (χ1n) is 5.26. The molecule has 88 valence electrons. The Balaban J connectivity index is 2.11. The summed E-state index contributed by atoms with van der Waals surface area (Å²) in [6.07, 6.45) is 3.59. The summed E-state index contributed by atoms with van der Waals surface area (Å²) in [5.74, 6) is -0.0447. The van der Waals surface area contributed by atoms with Crippen LogP contribution in [-0.4, -0.2) is 53.4 Å². The third-order valence-electron chi connectivity index (χ3n) is 2.93. The standard InChI is InChI=1S/C10H16N4O2/c1-16-9-7-13(10(15)5-11)6-8(9)14-4-2-3-12-14/h2-4,8-9H,5-7,11H2,1H3/t8-,9-/m1/s1. The van der Waals surface area contributed by atoms with Gasteiger partial charge >= 0.3 is 0 Å². The summed E-state index contributed by atoms with van der Waals surface area (Å²) >= 11 is 0. The molecule has 1 saturated heterocycles. The van der Waals surface area contributed by atoms with Crippen molar-refractivity contribution in [3.63, 3.8) is 0 Å². The van der Waals surface area contributed by atoms with E-state index in [1.165, 1.54) is 0 Å². The van der Waals surface area contributed by atoms with Crippen LogP contribution in [0.2, 0.25) is 0 Å². The first-order valence-corrected chi connectivity index (χ1v) is 5.26. The maximum atomic E-state index is 11.5. The molecule has 6 nitrogen and oxygen atoms in total. The minimum atomic E-state index is -0.0447. The number of hydrogen-bond acceptors (Lipinski definition) is 4. The number of ether oxygens (including phenoxy) is 1. The van der Waals surface area contributed by atoms with Gasteiger partial charge in [0.25, 0.3) is 0 Å². The molecule has 1 aliphatic heterocycles. The van der Waals surface area contributed by atoms with E-state index in [-0.39, 0.29) is 24.6 Å². The number of amides is 1. The topological polar surface area (TPSA) is 73.4 Å². The molecule has 1 aliphatic rings. The first kappa shape index (κ1) is 11.1. The summed E-state index contributed by atoms with van der Waals surface area (Å²) in [5, 5.41) is 4.18. The second-order valence-corrected chi connectivity index (χ2v) is 3.83. The zero-order valence-electron chi connectivity index (χ0n) is 9.24. The van der Waals surface area contributed by atoms with Crippen molar-refractivity contribution in [2.75, 3.05) is 26.7 Å². The molecule has 1 aromatic rings. The van der Waals surface area contributed by atoms with Crippen LogP contribution in [-0.2, 0) is 9.53 Å². The van der Waals surface area contributed by atoms with Crippen molar-refractivity contribution in [1.29, 1.82) is 0 Å². The van der Waals surface area contributed by atoms with Gasteiger partial charge in [0.15, 0.2) is 0 Å². The third kappa shape index (κ3) is 1.94. The monoisotopic (exact) mass is 224 g/mol. The highest BCUT2D eigenvalue weighted by Gasteiger charge is 2.36. The van der Waals surface area contributed by atoms with E-state index in [1.807, 2.05) is 16.9 Å². The van der Waals surface area contributed by atoms with Crippen LogP contribution < -0.4 is 5.73 Å². The number of carbonyl (C=O) groups excluding carboxylic acids is 1. The van der Waals surface area contributed by atoms with Crippen LogP contribution in [0.5, 0.6) is 0 Å². The van der Waals surface area contributed by atoms with Crippen LogP contribution in [0.4, 0.5) is 0 Å². The van der Waals surface area contributed by atoms with Crippen molar-refractivity contribution in [3.05, 3.63) is 18.5 Å². The van der Waals surface area contributed by atoms with Gasteiger partial charge in [0, 0.05) is 32.6 Å². The highest BCUT2D eigenvalue weighted by molar-refractivity contribution is 5.78. The molecular formula is C10H16N4O2. The van der Waals surface area contributed by atoms with Gasteiger partial charge in [0.1, 0.15) is 0 Å². The molecule has 0 radical (unpaired) electrons. The Morgan fingerprint density at radius 3 is 3.00 bits per heavy atom. The first-order chi connectivity index (χ1) is 7.76. The predicted octanol–water partition coefficient (Wildman–Crippen LogP) is -0.760. The summed E-state index contributed by atoms with van der Waals surface area (Å²) < 4.78 is 7.21. The number of nitrogens with zero attached hydrogens (tertiary/aromatic N) is 3. The van der Waals surface area contributed by atoms with Gasteiger partial charge < -0.3 is 15.4 Å². The van der Waals surface area contributed by atoms with Gasteiger partial charge in [-0.05, 0) is 6.07 Å². The lowest BCUT2D eigenvalue weighted by Gasteiger charge is -2.16. The summed E-state index contributed by atoms with van der Waals surface area (Å²) in [7, 11) is 1.65. The van der Waals surface area contributed by atoms with Crippen LogP contribution in [0.15, 0.2) is 18.5 Å². The molecule has 2 atom stereocenters. The maximum absolute atomic E-state index is 11.5. The van der Waals surface area contributed by atoms with Crippen molar-refractivity contribution < 1.29 is 9.53 Å². The van der Waals surface area contributed by atoms with E-state index in [1.54, 1.807) is 18.2 Å². The number of carbonyl (C=O) groups is 1. The van der Waals surface area contributed by atoms with E-state index in [2.05, 4.69) is 5.10 Å². The SMILES string of the molecule is CO[C@@H]1CN(C(=O)CN)C[C@H]1n1cccn1. The number of nitrogens with two attached hydrogens (primary N) is 1. The molecule has 1 amide bonds. The summed E-state index contributed by atoms with van der Waals surface area (Å²) in [5.41, 5.74) is 5.35. The highest BCUT2D eigenvalue weighted by atomic mass is 16.5. The van der Waals surface area contributed by atoms with E-state index >= 15 is 0 Å². The molecular weight excluding hydrogens is 208 g/mol. The van der Waals surface area contributed by atoms with Gasteiger partial charge in [-0.3, -0.25) is 9.48 Å². The van der Waals surface area contributed by atoms with E-state index in [0.717, 1.165) is 0 Å². The normalized spacial score (nSPS) is 25.0. The lowest BCUT2D eigenvalue weighted by Crippen LogP contribution is -2.34. The molecule has 0 aromatic carbocycles. The van der Waals surface area contributed by atoms with Gasteiger partial charge in [-0.15, -0.1) is 0 Å². The number of aromatic nitrogens is 2. The molecule has 2 heterocycles. The molecule has 0 bridgehead atoms. The van der Waals surface area contributed by atoms with Crippen molar-refractivity contribution in [1.82, 2.24) is 14.7 Å². The van der Waals surface area contributed by atoms with E-state index in [9.17, 15) is 4.79 Å². The van der Waals surface area contributed by atoms with Gasteiger partial charge in [0.05, 0.1) is 18.7 Å². The Morgan fingerprint density at radius 1 is 1.62 bits per heavy atom. The van der Waals surface area contributed by atoms with Crippen molar-refractivity contribution in [3.8, 4) is 0 Å². The van der Waals surface area contributed by atoms with E-state index in [4.69, 9.17) is 10.5 Å². The summed E-state index contributed by atoms with van der Waals surface area (Å²) in [6, 6.07) is 1.94. The number of methoxy groups -OCH3 is 1. The van der Waals surface area contributed by atoms with Crippen LogP contribution in [0.3, 0.4) is 0 Å². The Labute approximate surface area is 94.0 Å². The van der Waals surface area contributed by atoms with Crippen LogP contribution in [0.1, 0.15) is 6.04 Å². The Bertz CT molecular complexity index is 352. The number of hydrogen-bond donors (Lipinski definition) is 1. The fraction of sp³-hybridized carbons (Fsp3) is 0.600. The molecule has 0 saturated carbocycles.